The molecule has 2 aromatic carbocycles. The predicted molar refractivity (Wildman–Crippen MR) is 137 cm³/mol. The number of fused-ring (bicyclic) bond motifs is 2. The normalized spacial score (nSPS) is 19.9. The van der Waals surface area contributed by atoms with E-state index in [-0.39, 0.29) is 38.4 Å². The van der Waals surface area contributed by atoms with Crippen LogP contribution in [0.25, 0.3) is 0 Å². The van der Waals surface area contributed by atoms with Crippen LogP contribution in [0.1, 0.15) is 55.2 Å². The lowest BCUT2D eigenvalue weighted by atomic mass is 10.0. The number of hydrogen-bond donors (Lipinski definition) is 2. The molecule has 14 heteroatoms. The first-order chi connectivity index (χ1) is 17.7. The molecule has 1 amide bonds. The molecule has 0 fully saturated rings. The molecule has 0 saturated carbocycles. The number of hydrogen-bond acceptors (Lipinski definition) is 9. The Morgan fingerprint density at radius 1 is 0.789 bits per heavy atom. The Morgan fingerprint density at radius 2 is 1.21 bits per heavy atom. The Bertz CT molecular complexity index is 1540. The number of sulfone groups is 2. The molecular weight excluding hydrogens is 538 g/mol. The summed E-state index contributed by atoms with van der Waals surface area (Å²) in [5.74, 6) is -1.78. The summed E-state index contributed by atoms with van der Waals surface area (Å²) in [7, 11) is -2.65. The molecule has 2 unspecified atom stereocenters. The van der Waals surface area contributed by atoms with Crippen LogP contribution in [0.2, 0.25) is 0 Å². The molecule has 0 saturated heterocycles. The third-order valence-electron chi connectivity index (χ3n) is 6.25. The number of aryl methyl sites for hydroxylation is 2. The minimum Gasteiger partial charge on any atom is -0.465 e. The minimum absolute atomic E-state index is 0.0805. The standard InChI is InChI=1S/C12H15N3O4S.C12H14O5S/c1-6-3-8-9(19-2)5-20(17,18)10(8)4-7(6)11(16)15-12(13)14;1-7-4-9-10(16-2)6-18(14,15)11(9)5-8(7)12(13)17-3/h3-4,9H,5H2,1-2H3,(H4,13,14,15,16);4-5,10H,6H2,1-3H3. The van der Waals surface area contributed by atoms with E-state index < -0.39 is 43.8 Å². The van der Waals surface area contributed by atoms with Crippen LogP contribution in [0.15, 0.2) is 39.0 Å². The number of nitrogens with two attached hydrogens (primary N) is 2. The Kier molecular flexibility index (Phi) is 8.31. The maximum atomic E-state index is 12.1. The Labute approximate surface area is 220 Å². The van der Waals surface area contributed by atoms with Crippen molar-refractivity contribution in [3.63, 3.8) is 0 Å². The number of aliphatic imine (C=N–C) groups is 1. The van der Waals surface area contributed by atoms with E-state index in [1.54, 1.807) is 26.0 Å². The van der Waals surface area contributed by atoms with Gasteiger partial charge in [0.15, 0.2) is 25.6 Å². The summed E-state index contributed by atoms with van der Waals surface area (Å²) in [5, 5.41) is 0. The molecule has 0 bridgehead atoms. The van der Waals surface area contributed by atoms with E-state index in [1.807, 2.05) is 0 Å². The van der Waals surface area contributed by atoms with Crippen LogP contribution in [-0.4, -0.2) is 67.5 Å². The molecule has 0 aromatic heterocycles. The van der Waals surface area contributed by atoms with Gasteiger partial charge in [0, 0.05) is 30.9 Å². The van der Waals surface area contributed by atoms with E-state index in [0.717, 1.165) is 0 Å². The zero-order valence-electron chi connectivity index (χ0n) is 21.5. The van der Waals surface area contributed by atoms with Crippen molar-refractivity contribution in [2.45, 2.75) is 35.8 Å². The first-order valence-electron chi connectivity index (χ1n) is 11.2. The number of guanidine groups is 1. The van der Waals surface area contributed by atoms with Gasteiger partial charge in [-0.15, -0.1) is 0 Å². The molecule has 38 heavy (non-hydrogen) atoms. The quantitative estimate of drug-likeness (QED) is 0.305. The van der Waals surface area contributed by atoms with Gasteiger partial charge in [-0.1, -0.05) is 12.1 Å². The van der Waals surface area contributed by atoms with Crippen molar-refractivity contribution in [2.24, 2.45) is 16.5 Å². The van der Waals surface area contributed by atoms with Crippen molar-refractivity contribution in [1.29, 1.82) is 0 Å². The fraction of sp³-hybridized carbons (Fsp3) is 0.375. The van der Waals surface area contributed by atoms with E-state index in [2.05, 4.69) is 9.73 Å². The van der Waals surface area contributed by atoms with Crippen LogP contribution in [0.3, 0.4) is 0 Å². The SMILES string of the molecule is COC(=O)c1cc2c(cc1C)C(OC)CS2(=O)=O.COC1CS(=O)(=O)c2cc(C(=O)N=C(N)N)c(C)cc21. The number of carbonyl (C=O) groups is 2. The first-order valence-corrected chi connectivity index (χ1v) is 14.5. The molecule has 2 atom stereocenters. The van der Waals surface area contributed by atoms with Gasteiger partial charge in [0.05, 0.1) is 46.2 Å². The number of ether oxygens (including phenoxy) is 3. The number of rotatable bonds is 4. The average Bonchev–Trinajstić information content (AvgIpc) is 3.24. The van der Waals surface area contributed by atoms with Gasteiger partial charge < -0.3 is 25.7 Å². The lowest BCUT2D eigenvalue weighted by Gasteiger charge is -2.10. The highest BCUT2D eigenvalue weighted by atomic mass is 32.2. The number of benzene rings is 2. The van der Waals surface area contributed by atoms with Crippen molar-refractivity contribution in [3.05, 3.63) is 57.6 Å². The van der Waals surface area contributed by atoms with E-state index in [4.69, 9.17) is 20.9 Å². The molecule has 2 aliphatic rings. The summed E-state index contributed by atoms with van der Waals surface area (Å²) in [6.45, 7) is 3.43. The lowest BCUT2D eigenvalue weighted by molar-refractivity contribution is 0.0599. The molecule has 0 aliphatic carbocycles. The maximum Gasteiger partial charge on any atom is 0.338 e. The minimum atomic E-state index is -3.46. The number of nitrogens with zero attached hydrogens (tertiary/aromatic N) is 1. The van der Waals surface area contributed by atoms with Crippen LogP contribution < -0.4 is 11.5 Å². The molecule has 4 N–H and O–H groups in total. The van der Waals surface area contributed by atoms with E-state index in [0.29, 0.717) is 22.3 Å². The van der Waals surface area contributed by atoms with E-state index in [9.17, 15) is 26.4 Å². The van der Waals surface area contributed by atoms with Gasteiger partial charge in [0.1, 0.15) is 0 Å². The van der Waals surface area contributed by atoms with E-state index >= 15 is 0 Å². The van der Waals surface area contributed by atoms with Crippen LogP contribution in [0.4, 0.5) is 0 Å². The summed E-state index contributed by atoms with van der Waals surface area (Å²) >= 11 is 0. The van der Waals surface area contributed by atoms with Gasteiger partial charge in [-0.25, -0.2) is 21.6 Å². The second-order valence-electron chi connectivity index (χ2n) is 8.75. The van der Waals surface area contributed by atoms with Gasteiger partial charge in [-0.2, -0.15) is 4.99 Å². The first kappa shape index (κ1) is 29.2. The third kappa shape index (κ3) is 5.57. The zero-order valence-corrected chi connectivity index (χ0v) is 23.1. The van der Waals surface area contributed by atoms with Gasteiger partial charge in [-0.3, -0.25) is 4.79 Å². The predicted octanol–water partition coefficient (Wildman–Crippen LogP) is 1.14. The molecule has 12 nitrogen and oxygen atoms in total. The summed E-state index contributed by atoms with van der Waals surface area (Å²) in [6, 6.07) is 6.00. The van der Waals surface area contributed by atoms with Gasteiger partial charge in [0.2, 0.25) is 0 Å². The summed E-state index contributed by atoms with van der Waals surface area (Å²) in [5.41, 5.74) is 13.2. The zero-order chi connectivity index (χ0) is 28.6. The fourth-order valence-corrected chi connectivity index (χ4v) is 7.83. The molecule has 2 aliphatic heterocycles. The highest BCUT2D eigenvalue weighted by Gasteiger charge is 2.37. The lowest BCUT2D eigenvalue weighted by Crippen LogP contribution is -2.24. The molecular formula is C24H29N3O9S2. The van der Waals surface area contributed by atoms with Gasteiger partial charge in [0.25, 0.3) is 5.91 Å². The second-order valence-corrected chi connectivity index (χ2v) is 12.8. The smallest absolute Gasteiger partial charge is 0.338 e. The van der Waals surface area contributed by atoms with Crippen LogP contribution in [-0.2, 0) is 33.9 Å². The van der Waals surface area contributed by atoms with Crippen LogP contribution in [0, 0.1) is 13.8 Å². The van der Waals surface area contributed by atoms with Gasteiger partial charge >= 0.3 is 5.97 Å². The molecule has 0 spiro atoms. The molecule has 2 aromatic rings. The highest BCUT2D eigenvalue weighted by molar-refractivity contribution is 7.92. The Balaban J connectivity index is 0.000000212. The molecule has 4 rings (SSSR count). The van der Waals surface area contributed by atoms with Crippen molar-refractivity contribution in [1.82, 2.24) is 0 Å². The Hall–Kier alpha value is -3.33. The molecule has 2 heterocycles. The third-order valence-corrected chi connectivity index (χ3v) is 9.78. The number of amides is 1. The summed E-state index contributed by atoms with van der Waals surface area (Å²) in [4.78, 5) is 27.1. The molecule has 206 valence electrons. The molecule has 0 radical (unpaired) electrons. The van der Waals surface area contributed by atoms with Crippen LogP contribution in [0.5, 0.6) is 0 Å². The second kappa shape index (κ2) is 10.8. The highest BCUT2D eigenvalue weighted by Crippen LogP contribution is 2.38. The van der Waals surface area contributed by atoms with Crippen molar-refractivity contribution in [2.75, 3.05) is 32.8 Å². The van der Waals surface area contributed by atoms with Crippen molar-refractivity contribution < 1.29 is 40.6 Å². The number of methoxy groups -OCH3 is 3. The largest absolute Gasteiger partial charge is 0.465 e. The van der Waals surface area contributed by atoms with Crippen molar-refractivity contribution in [3.8, 4) is 0 Å². The topological polar surface area (TPSA) is 195 Å². The van der Waals surface area contributed by atoms with Gasteiger partial charge in [-0.05, 0) is 37.1 Å². The maximum absolute atomic E-state index is 12.1. The average molecular weight is 568 g/mol. The number of carbonyl (C=O) groups excluding carboxylic acids is 2. The number of esters is 1. The van der Waals surface area contributed by atoms with Crippen molar-refractivity contribution >= 4 is 37.5 Å². The van der Waals surface area contributed by atoms with Crippen LogP contribution >= 0.6 is 0 Å². The Morgan fingerprint density at radius 3 is 1.61 bits per heavy atom. The monoisotopic (exact) mass is 567 g/mol. The summed E-state index contributed by atoms with van der Waals surface area (Å²) < 4.78 is 63.0. The fourth-order valence-electron chi connectivity index (χ4n) is 4.35. The van der Waals surface area contributed by atoms with E-state index in [1.165, 1.54) is 33.5 Å². The summed E-state index contributed by atoms with van der Waals surface area (Å²) in [6.07, 6.45) is -0.976.